The SMILES string of the molecule is CCCc1sc(C(=O)N2CCN(c3cccc(Cl)c3)CC2)cc1Br. The van der Waals surface area contributed by atoms with Gasteiger partial charge in [-0.2, -0.15) is 0 Å². The fourth-order valence-corrected chi connectivity index (χ4v) is 5.03. The second-order valence-corrected chi connectivity index (χ2v) is 8.32. The van der Waals surface area contributed by atoms with Gasteiger partial charge in [0.2, 0.25) is 0 Å². The van der Waals surface area contributed by atoms with E-state index in [2.05, 4.69) is 33.8 Å². The first-order valence-corrected chi connectivity index (χ1v) is 10.1. The Kier molecular flexibility index (Phi) is 5.85. The van der Waals surface area contributed by atoms with Gasteiger partial charge in [-0.05, 0) is 46.6 Å². The molecule has 0 radical (unpaired) electrons. The van der Waals surface area contributed by atoms with Gasteiger partial charge in [0.25, 0.3) is 5.91 Å². The van der Waals surface area contributed by atoms with Gasteiger partial charge in [0, 0.05) is 46.2 Å². The normalized spacial score (nSPS) is 15.0. The molecule has 1 aromatic heterocycles. The Bertz CT molecular complexity index is 726. The highest BCUT2D eigenvalue weighted by molar-refractivity contribution is 9.10. The third-order valence-electron chi connectivity index (χ3n) is 4.19. The van der Waals surface area contributed by atoms with Gasteiger partial charge in [0.1, 0.15) is 0 Å². The number of benzene rings is 1. The molecule has 2 aromatic rings. The van der Waals surface area contributed by atoms with E-state index in [1.165, 1.54) is 4.88 Å². The fourth-order valence-electron chi connectivity index (χ4n) is 2.91. The summed E-state index contributed by atoms with van der Waals surface area (Å²) in [6, 6.07) is 9.87. The fraction of sp³-hybridized carbons (Fsp3) is 0.389. The zero-order valence-electron chi connectivity index (χ0n) is 13.6. The van der Waals surface area contributed by atoms with Crippen LogP contribution in [-0.4, -0.2) is 37.0 Å². The lowest BCUT2D eigenvalue weighted by Gasteiger charge is -2.36. The van der Waals surface area contributed by atoms with Crippen molar-refractivity contribution in [2.24, 2.45) is 0 Å². The smallest absolute Gasteiger partial charge is 0.264 e. The summed E-state index contributed by atoms with van der Waals surface area (Å²) in [7, 11) is 0. The topological polar surface area (TPSA) is 23.6 Å². The quantitative estimate of drug-likeness (QED) is 0.679. The lowest BCUT2D eigenvalue weighted by Crippen LogP contribution is -2.48. The maximum Gasteiger partial charge on any atom is 0.264 e. The van der Waals surface area contributed by atoms with E-state index < -0.39 is 0 Å². The number of carbonyl (C=O) groups excluding carboxylic acids is 1. The molecular weight excluding hydrogens is 408 g/mol. The van der Waals surface area contributed by atoms with Gasteiger partial charge in [-0.15, -0.1) is 11.3 Å². The van der Waals surface area contributed by atoms with Crippen LogP contribution in [0.1, 0.15) is 27.9 Å². The van der Waals surface area contributed by atoms with Crippen LogP contribution in [0.5, 0.6) is 0 Å². The monoisotopic (exact) mass is 426 g/mol. The number of carbonyl (C=O) groups is 1. The molecule has 0 aliphatic carbocycles. The predicted octanol–water partition coefficient (Wildman–Crippen LogP) is 5.08. The zero-order chi connectivity index (χ0) is 17.1. The molecule has 1 aliphatic heterocycles. The summed E-state index contributed by atoms with van der Waals surface area (Å²) >= 11 is 11.3. The van der Waals surface area contributed by atoms with E-state index in [9.17, 15) is 4.79 Å². The first-order valence-electron chi connectivity index (χ1n) is 8.16. The van der Waals surface area contributed by atoms with Gasteiger partial charge in [0.15, 0.2) is 0 Å². The third kappa shape index (κ3) is 3.95. The molecule has 3 nitrogen and oxygen atoms in total. The van der Waals surface area contributed by atoms with E-state index in [4.69, 9.17) is 11.6 Å². The van der Waals surface area contributed by atoms with Crippen LogP contribution in [0, 0.1) is 0 Å². The molecule has 0 saturated carbocycles. The van der Waals surface area contributed by atoms with Crippen molar-refractivity contribution in [3.8, 4) is 0 Å². The Labute approximate surface area is 160 Å². The first-order chi connectivity index (χ1) is 11.6. The molecule has 0 N–H and O–H groups in total. The van der Waals surface area contributed by atoms with Crippen molar-refractivity contribution in [3.05, 3.63) is 49.6 Å². The molecule has 1 fully saturated rings. The average Bonchev–Trinajstić information content (AvgIpc) is 2.96. The minimum Gasteiger partial charge on any atom is -0.368 e. The van der Waals surface area contributed by atoms with Gasteiger partial charge in [0.05, 0.1) is 4.88 Å². The van der Waals surface area contributed by atoms with Crippen LogP contribution < -0.4 is 4.90 Å². The Morgan fingerprint density at radius 1 is 1.25 bits per heavy atom. The van der Waals surface area contributed by atoms with Crippen LogP contribution >= 0.6 is 38.9 Å². The molecule has 3 rings (SSSR count). The number of thiophene rings is 1. The number of aryl methyl sites for hydroxylation is 1. The lowest BCUT2D eigenvalue weighted by molar-refractivity contribution is 0.0751. The largest absolute Gasteiger partial charge is 0.368 e. The Hall–Kier alpha value is -1.04. The zero-order valence-corrected chi connectivity index (χ0v) is 16.8. The molecule has 0 bridgehead atoms. The third-order valence-corrected chi connectivity index (χ3v) is 6.57. The molecule has 128 valence electrons. The molecule has 2 heterocycles. The molecule has 24 heavy (non-hydrogen) atoms. The van der Waals surface area contributed by atoms with E-state index in [0.29, 0.717) is 0 Å². The summed E-state index contributed by atoms with van der Waals surface area (Å²) in [6.07, 6.45) is 2.10. The summed E-state index contributed by atoms with van der Waals surface area (Å²) in [4.78, 5) is 19.1. The number of hydrogen-bond donors (Lipinski definition) is 0. The summed E-state index contributed by atoms with van der Waals surface area (Å²) < 4.78 is 1.07. The van der Waals surface area contributed by atoms with Gasteiger partial charge in [-0.3, -0.25) is 4.79 Å². The highest BCUT2D eigenvalue weighted by atomic mass is 79.9. The second kappa shape index (κ2) is 7.89. The number of hydrogen-bond acceptors (Lipinski definition) is 3. The minimum atomic E-state index is 0.147. The molecule has 1 saturated heterocycles. The molecule has 0 spiro atoms. The number of nitrogens with zero attached hydrogens (tertiary/aromatic N) is 2. The van der Waals surface area contributed by atoms with E-state index in [1.54, 1.807) is 11.3 Å². The van der Waals surface area contributed by atoms with E-state index in [1.807, 2.05) is 29.2 Å². The lowest BCUT2D eigenvalue weighted by atomic mass is 10.2. The highest BCUT2D eigenvalue weighted by Crippen LogP contribution is 2.30. The van der Waals surface area contributed by atoms with Gasteiger partial charge >= 0.3 is 0 Å². The van der Waals surface area contributed by atoms with E-state index in [0.717, 1.165) is 59.1 Å². The highest BCUT2D eigenvalue weighted by Gasteiger charge is 2.24. The van der Waals surface area contributed by atoms with Crippen molar-refractivity contribution >= 4 is 50.5 Å². The molecular formula is C18H20BrClN2OS. The van der Waals surface area contributed by atoms with Crippen molar-refractivity contribution in [2.45, 2.75) is 19.8 Å². The standard InChI is InChI=1S/C18H20BrClN2OS/c1-2-4-16-15(19)12-17(24-16)18(23)22-9-7-21(8-10-22)14-6-3-5-13(20)11-14/h3,5-6,11-12H,2,4,7-10H2,1H3. The maximum atomic E-state index is 12.7. The summed E-state index contributed by atoms with van der Waals surface area (Å²) in [5, 5.41) is 0.748. The summed E-state index contributed by atoms with van der Waals surface area (Å²) in [5.74, 6) is 0.147. The second-order valence-electron chi connectivity index (χ2n) is 5.89. The van der Waals surface area contributed by atoms with E-state index >= 15 is 0 Å². The summed E-state index contributed by atoms with van der Waals surface area (Å²) in [6.45, 7) is 5.30. The number of piperazine rings is 1. The molecule has 1 aromatic carbocycles. The Morgan fingerprint density at radius 2 is 2.00 bits per heavy atom. The minimum absolute atomic E-state index is 0.147. The van der Waals surface area contributed by atoms with Crippen LogP contribution in [0.2, 0.25) is 5.02 Å². The van der Waals surface area contributed by atoms with Gasteiger partial charge in [-0.25, -0.2) is 0 Å². The molecule has 1 amide bonds. The van der Waals surface area contributed by atoms with Crippen molar-refractivity contribution in [2.75, 3.05) is 31.1 Å². The van der Waals surface area contributed by atoms with Crippen molar-refractivity contribution < 1.29 is 4.79 Å². The Balaban J connectivity index is 1.64. The number of rotatable bonds is 4. The van der Waals surface area contributed by atoms with Crippen molar-refractivity contribution in [1.82, 2.24) is 4.90 Å². The van der Waals surface area contributed by atoms with E-state index in [-0.39, 0.29) is 5.91 Å². The van der Waals surface area contributed by atoms with Crippen LogP contribution in [0.4, 0.5) is 5.69 Å². The van der Waals surface area contributed by atoms with Crippen LogP contribution in [0.3, 0.4) is 0 Å². The first kappa shape index (κ1) is 17.8. The predicted molar refractivity (Wildman–Crippen MR) is 106 cm³/mol. The van der Waals surface area contributed by atoms with Crippen LogP contribution in [0.15, 0.2) is 34.8 Å². The van der Waals surface area contributed by atoms with Crippen molar-refractivity contribution in [3.63, 3.8) is 0 Å². The number of amides is 1. The maximum absolute atomic E-state index is 12.7. The number of halogens is 2. The van der Waals surface area contributed by atoms with Gasteiger partial charge < -0.3 is 9.80 Å². The molecule has 1 aliphatic rings. The van der Waals surface area contributed by atoms with Crippen molar-refractivity contribution in [1.29, 1.82) is 0 Å². The molecule has 0 unspecified atom stereocenters. The number of anilines is 1. The molecule has 0 atom stereocenters. The molecule has 6 heteroatoms. The Morgan fingerprint density at radius 3 is 2.67 bits per heavy atom. The summed E-state index contributed by atoms with van der Waals surface area (Å²) in [5.41, 5.74) is 1.12. The van der Waals surface area contributed by atoms with Gasteiger partial charge in [-0.1, -0.05) is 31.0 Å². The average molecular weight is 428 g/mol. The van der Waals surface area contributed by atoms with Crippen LogP contribution in [0.25, 0.3) is 0 Å². The van der Waals surface area contributed by atoms with Crippen LogP contribution in [-0.2, 0) is 6.42 Å².